The molecular weight excluding hydrogens is 326 g/mol. The van der Waals surface area contributed by atoms with Crippen LogP contribution in [0.25, 0.3) is 0 Å². The van der Waals surface area contributed by atoms with Crippen LogP contribution in [-0.2, 0) is 0 Å². The van der Waals surface area contributed by atoms with E-state index in [1.165, 1.54) is 16.5 Å². The Bertz CT molecular complexity index is 796. The fourth-order valence-corrected chi connectivity index (χ4v) is 4.54. The van der Waals surface area contributed by atoms with Crippen molar-refractivity contribution >= 4 is 17.2 Å². The Morgan fingerprint density at radius 1 is 1.33 bits per heavy atom. The number of thiophene rings is 1. The molecule has 1 aliphatic rings. The minimum Gasteiger partial charge on any atom is -0.427 e. The summed E-state index contributed by atoms with van der Waals surface area (Å²) >= 11 is 1.66. The van der Waals surface area contributed by atoms with Gasteiger partial charge in [0.1, 0.15) is 5.76 Å². The molecule has 0 radical (unpaired) electrons. The second-order valence-electron chi connectivity index (χ2n) is 6.36. The van der Waals surface area contributed by atoms with Gasteiger partial charge in [0.2, 0.25) is 0 Å². The van der Waals surface area contributed by atoms with Crippen molar-refractivity contribution in [2.24, 2.45) is 0 Å². The Kier molecular flexibility index (Phi) is 4.60. The summed E-state index contributed by atoms with van der Waals surface area (Å²) in [7, 11) is 0. The largest absolute Gasteiger partial charge is 0.427 e. The summed E-state index contributed by atoms with van der Waals surface area (Å²) < 4.78 is 5.06. The third kappa shape index (κ3) is 3.03. The Balaban J connectivity index is 1.80. The highest BCUT2D eigenvalue weighted by molar-refractivity contribution is 7.10. The molecule has 2 aromatic heterocycles. The van der Waals surface area contributed by atoms with Crippen LogP contribution in [-0.4, -0.2) is 35.1 Å². The molecule has 0 aliphatic carbocycles. The number of piperidine rings is 1. The predicted molar refractivity (Wildman–Crippen MR) is 92.8 cm³/mol. The van der Waals surface area contributed by atoms with Crippen LogP contribution in [0.2, 0.25) is 0 Å². The Morgan fingerprint density at radius 2 is 2.08 bits per heavy atom. The van der Waals surface area contributed by atoms with Gasteiger partial charge in [0, 0.05) is 30.0 Å². The van der Waals surface area contributed by atoms with Gasteiger partial charge >= 0.3 is 5.63 Å². The van der Waals surface area contributed by atoms with Crippen molar-refractivity contribution < 1.29 is 14.3 Å². The number of nitrogens with zero attached hydrogens (tertiary/aromatic N) is 1. The number of β-amino-alcohol motifs (C(OH)–C–C–N with tert-alkyl or cyclic N) is 1. The van der Waals surface area contributed by atoms with Gasteiger partial charge in [-0.1, -0.05) is 0 Å². The van der Waals surface area contributed by atoms with Gasteiger partial charge in [-0.2, -0.15) is 0 Å². The van der Waals surface area contributed by atoms with E-state index in [1.54, 1.807) is 30.1 Å². The lowest BCUT2D eigenvalue weighted by Gasteiger charge is -2.36. The molecule has 0 spiro atoms. The molecule has 3 heterocycles. The van der Waals surface area contributed by atoms with Gasteiger partial charge in [0.05, 0.1) is 11.7 Å². The van der Waals surface area contributed by atoms with Crippen LogP contribution >= 0.6 is 11.3 Å². The number of aliphatic hydroxyl groups is 1. The summed E-state index contributed by atoms with van der Waals surface area (Å²) in [6, 6.07) is 3.39. The van der Waals surface area contributed by atoms with Gasteiger partial charge in [-0.3, -0.25) is 4.79 Å². The van der Waals surface area contributed by atoms with Gasteiger partial charge in [-0.25, -0.2) is 4.79 Å². The van der Waals surface area contributed by atoms with E-state index in [-0.39, 0.29) is 11.8 Å². The molecule has 2 atom stereocenters. The molecule has 1 N–H and O–H groups in total. The van der Waals surface area contributed by atoms with Gasteiger partial charge in [-0.15, -0.1) is 11.3 Å². The zero-order valence-corrected chi connectivity index (χ0v) is 14.9. The van der Waals surface area contributed by atoms with E-state index in [4.69, 9.17) is 4.42 Å². The van der Waals surface area contributed by atoms with Gasteiger partial charge in [-0.05, 0) is 49.8 Å². The molecule has 0 bridgehead atoms. The zero-order valence-electron chi connectivity index (χ0n) is 14.0. The first-order chi connectivity index (χ1) is 11.4. The van der Waals surface area contributed by atoms with E-state index in [1.807, 2.05) is 5.38 Å². The second-order valence-corrected chi connectivity index (χ2v) is 7.31. The van der Waals surface area contributed by atoms with E-state index in [0.29, 0.717) is 30.0 Å². The van der Waals surface area contributed by atoms with Crippen molar-refractivity contribution in [1.29, 1.82) is 0 Å². The lowest BCUT2D eigenvalue weighted by molar-refractivity contribution is 0.0383. The van der Waals surface area contributed by atoms with Crippen LogP contribution in [0.4, 0.5) is 0 Å². The van der Waals surface area contributed by atoms with Crippen molar-refractivity contribution in [3.63, 3.8) is 0 Å². The van der Waals surface area contributed by atoms with Crippen LogP contribution in [0.5, 0.6) is 0 Å². The number of amides is 1. The molecule has 2 aromatic rings. The number of aliphatic hydroxyl groups excluding tert-OH is 1. The molecule has 1 fully saturated rings. The summed E-state index contributed by atoms with van der Waals surface area (Å²) in [4.78, 5) is 27.1. The normalized spacial score (nSPS) is 21.1. The molecule has 24 heavy (non-hydrogen) atoms. The smallest absolute Gasteiger partial charge is 0.336 e. The molecule has 128 valence electrons. The van der Waals surface area contributed by atoms with Gasteiger partial charge in [0.25, 0.3) is 5.91 Å². The fourth-order valence-electron chi connectivity index (χ4n) is 3.42. The highest BCUT2D eigenvalue weighted by Crippen LogP contribution is 2.34. The van der Waals surface area contributed by atoms with E-state index in [0.717, 1.165) is 6.42 Å². The standard InChI is InChI=1S/C18H21NO4S/c1-10-5-7-24-17(10)13-4-6-19(9-14(13)20)18(22)16-11(2)8-15(21)23-12(16)3/h5,7-8,13-14,20H,4,6,9H2,1-3H3/t13-,14-/m1/s1. The summed E-state index contributed by atoms with van der Waals surface area (Å²) in [6.45, 7) is 6.28. The molecule has 0 unspecified atom stereocenters. The highest BCUT2D eigenvalue weighted by atomic mass is 32.1. The number of carbonyl (C=O) groups excluding carboxylic acids is 1. The van der Waals surface area contributed by atoms with Gasteiger partial charge in [0.15, 0.2) is 0 Å². The van der Waals surface area contributed by atoms with Crippen LogP contribution < -0.4 is 5.63 Å². The molecular formula is C18H21NO4S. The third-order valence-corrected chi connectivity index (χ3v) is 5.81. The van der Waals surface area contributed by atoms with E-state index in [2.05, 4.69) is 13.0 Å². The molecule has 1 saturated heterocycles. The Labute approximate surface area is 144 Å². The van der Waals surface area contributed by atoms with E-state index in [9.17, 15) is 14.7 Å². The topological polar surface area (TPSA) is 70.8 Å². The van der Waals surface area contributed by atoms with Crippen molar-refractivity contribution in [1.82, 2.24) is 4.90 Å². The number of hydrogen-bond donors (Lipinski definition) is 1. The first-order valence-electron chi connectivity index (χ1n) is 8.01. The average molecular weight is 347 g/mol. The lowest BCUT2D eigenvalue weighted by atomic mass is 9.90. The van der Waals surface area contributed by atoms with Crippen LogP contribution in [0, 0.1) is 20.8 Å². The number of carbonyl (C=O) groups is 1. The zero-order chi connectivity index (χ0) is 17.4. The first-order valence-corrected chi connectivity index (χ1v) is 8.89. The molecule has 3 rings (SSSR count). The summed E-state index contributed by atoms with van der Waals surface area (Å²) in [5, 5.41) is 12.6. The predicted octanol–water partition coefficient (Wildman–Crippen LogP) is 2.62. The maximum atomic E-state index is 12.8. The number of likely N-dealkylation sites (tertiary alicyclic amines) is 1. The number of rotatable bonds is 2. The van der Waals surface area contributed by atoms with Gasteiger partial charge < -0.3 is 14.4 Å². The van der Waals surface area contributed by atoms with Crippen LogP contribution in [0.1, 0.15) is 44.5 Å². The van der Waals surface area contributed by atoms with E-state index < -0.39 is 11.7 Å². The maximum Gasteiger partial charge on any atom is 0.336 e. The third-order valence-electron chi connectivity index (χ3n) is 4.66. The number of aryl methyl sites for hydroxylation is 3. The number of hydrogen-bond acceptors (Lipinski definition) is 5. The average Bonchev–Trinajstić information content (AvgIpc) is 2.92. The van der Waals surface area contributed by atoms with Crippen molar-refractivity contribution in [3.05, 3.63) is 55.3 Å². The molecule has 1 aliphatic heterocycles. The van der Waals surface area contributed by atoms with Crippen LogP contribution in [0.15, 0.2) is 26.7 Å². The summed E-state index contributed by atoms with van der Waals surface area (Å²) in [6.07, 6.45) is 0.139. The summed E-state index contributed by atoms with van der Waals surface area (Å²) in [5.74, 6) is 0.217. The molecule has 6 heteroatoms. The van der Waals surface area contributed by atoms with Crippen LogP contribution in [0.3, 0.4) is 0 Å². The minimum absolute atomic E-state index is 0.0740. The van der Waals surface area contributed by atoms with Crippen molar-refractivity contribution in [2.45, 2.75) is 39.2 Å². The quantitative estimate of drug-likeness (QED) is 0.906. The summed E-state index contributed by atoms with van der Waals surface area (Å²) in [5.41, 5.74) is 1.78. The molecule has 0 aromatic carbocycles. The van der Waals surface area contributed by atoms with Crippen molar-refractivity contribution in [2.75, 3.05) is 13.1 Å². The second kappa shape index (κ2) is 6.53. The minimum atomic E-state index is -0.587. The van der Waals surface area contributed by atoms with E-state index >= 15 is 0 Å². The SMILES string of the molecule is Cc1ccsc1[C@@H]1CCN(C(=O)c2c(C)cc(=O)oc2C)C[C@H]1O. The Hall–Kier alpha value is -1.92. The lowest BCUT2D eigenvalue weighted by Crippen LogP contribution is -2.46. The fraction of sp³-hybridized carbons (Fsp3) is 0.444. The monoisotopic (exact) mass is 347 g/mol. The first kappa shape index (κ1) is 16.9. The molecule has 1 amide bonds. The van der Waals surface area contributed by atoms with Crippen molar-refractivity contribution in [3.8, 4) is 0 Å². The Morgan fingerprint density at radius 3 is 2.67 bits per heavy atom. The molecule has 5 nitrogen and oxygen atoms in total. The molecule has 0 saturated carbocycles. The highest BCUT2D eigenvalue weighted by Gasteiger charge is 2.34. The maximum absolute atomic E-state index is 12.8.